The van der Waals surface area contributed by atoms with Crippen molar-refractivity contribution < 1.29 is 23.8 Å². The van der Waals surface area contributed by atoms with Gasteiger partial charge in [-0.1, -0.05) is 61.3 Å². The summed E-state index contributed by atoms with van der Waals surface area (Å²) in [5.41, 5.74) is -1.02. The quantitative estimate of drug-likeness (QED) is 0.538. The van der Waals surface area contributed by atoms with Crippen LogP contribution < -0.4 is 0 Å². The minimum atomic E-state index is -0.695. The molecule has 0 spiro atoms. The van der Waals surface area contributed by atoms with Gasteiger partial charge in [0.25, 0.3) is 0 Å². The van der Waals surface area contributed by atoms with Gasteiger partial charge in [-0.2, -0.15) is 0 Å². The van der Waals surface area contributed by atoms with E-state index in [1.165, 1.54) is 12.8 Å². The maximum absolute atomic E-state index is 12.9. The highest BCUT2D eigenvalue weighted by atomic mass is 16.6. The molecule has 0 amide bonds. The molecule has 1 rings (SSSR count). The van der Waals surface area contributed by atoms with Crippen LogP contribution in [0.3, 0.4) is 0 Å². The summed E-state index contributed by atoms with van der Waals surface area (Å²) in [5, 5.41) is 0. The second-order valence-electron chi connectivity index (χ2n) is 10.9. The lowest BCUT2D eigenvalue weighted by Crippen LogP contribution is -2.45. The summed E-state index contributed by atoms with van der Waals surface area (Å²) in [6.07, 6.45) is 4.05. The molecule has 0 aromatic carbocycles. The number of hydrogen-bond donors (Lipinski definition) is 0. The standard InChI is InChI=1S/C23H42O5/c1-16-11-10-12-17(16)18(26-9)13-27-19(24)14-28-20(25)23(8,22(5,6)7)15-21(2,3)4/h16-18H,10-15H2,1-9H3. The average Bonchev–Trinajstić information content (AvgIpc) is 2.96. The summed E-state index contributed by atoms with van der Waals surface area (Å²) in [7, 11) is 1.66. The number of esters is 2. The average molecular weight is 399 g/mol. The van der Waals surface area contributed by atoms with Gasteiger partial charge in [0.05, 0.1) is 11.5 Å². The largest absolute Gasteiger partial charge is 0.460 e. The van der Waals surface area contributed by atoms with Crippen molar-refractivity contribution in [2.24, 2.45) is 28.1 Å². The number of rotatable bonds is 8. The summed E-state index contributed by atoms with van der Waals surface area (Å²) >= 11 is 0. The number of carbonyl (C=O) groups excluding carboxylic acids is 2. The van der Waals surface area contributed by atoms with Crippen molar-refractivity contribution >= 4 is 11.9 Å². The van der Waals surface area contributed by atoms with Crippen molar-refractivity contribution in [3.8, 4) is 0 Å². The van der Waals surface area contributed by atoms with Crippen LogP contribution in [0.5, 0.6) is 0 Å². The van der Waals surface area contributed by atoms with E-state index in [9.17, 15) is 9.59 Å². The third kappa shape index (κ3) is 6.75. The molecular formula is C23H42O5. The first-order chi connectivity index (χ1) is 12.7. The zero-order valence-corrected chi connectivity index (χ0v) is 19.5. The minimum absolute atomic E-state index is 0.0365. The highest BCUT2D eigenvalue weighted by molar-refractivity contribution is 5.80. The van der Waals surface area contributed by atoms with Gasteiger partial charge >= 0.3 is 11.9 Å². The predicted octanol–water partition coefficient (Wildman–Crippen LogP) is 5.01. The van der Waals surface area contributed by atoms with Crippen molar-refractivity contribution in [2.45, 2.75) is 87.2 Å². The van der Waals surface area contributed by atoms with Gasteiger partial charge in [-0.25, -0.2) is 4.79 Å². The molecule has 5 heteroatoms. The molecule has 0 aromatic rings. The summed E-state index contributed by atoms with van der Waals surface area (Å²) in [6.45, 7) is 16.4. The molecule has 0 bridgehead atoms. The fraction of sp³-hybridized carbons (Fsp3) is 0.913. The highest BCUT2D eigenvalue weighted by Crippen LogP contribution is 2.47. The van der Waals surface area contributed by atoms with Crippen LogP contribution in [0.25, 0.3) is 0 Å². The topological polar surface area (TPSA) is 61.8 Å². The monoisotopic (exact) mass is 398 g/mol. The summed E-state index contributed by atoms with van der Waals surface area (Å²) < 4.78 is 16.3. The molecule has 1 aliphatic rings. The Hall–Kier alpha value is -1.10. The second-order valence-corrected chi connectivity index (χ2v) is 10.9. The van der Waals surface area contributed by atoms with E-state index in [0.717, 1.165) is 6.42 Å². The fourth-order valence-corrected chi connectivity index (χ4v) is 4.30. The van der Waals surface area contributed by atoms with E-state index >= 15 is 0 Å². The van der Waals surface area contributed by atoms with Crippen molar-refractivity contribution in [3.05, 3.63) is 0 Å². The van der Waals surface area contributed by atoms with E-state index in [-0.39, 0.29) is 36.1 Å². The van der Waals surface area contributed by atoms with Gasteiger partial charge < -0.3 is 14.2 Å². The van der Waals surface area contributed by atoms with Crippen LogP contribution in [0.1, 0.15) is 81.1 Å². The Morgan fingerprint density at radius 3 is 2.04 bits per heavy atom. The first-order valence-corrected chi connectivity index (χ1v) is 10.6. The number of hydrogen-bond acceptors (Lipinski definition) is 5. The Morgan fingerprint density at radius 2 is 1.61 bits per heavy atom. The first kappa shape index (κ1) is 24.9. The van der Waals surface area contributed by atoms with Crippen LogP contribution in [0.15, 0.2) is 0 Å². The molecule has 0 N–H and O–H groups in total. The molecular weight excluding hydrogens is 356 g/mol. The van der Waals surface area contributed by atoms with Gasteiger partial charge in [0.1, 0.15) is 6.61 Å². The van der Waals surface area contributed by atoms with E-state index in [0.29, 0.717) is 18.3 Å². The van der Waals surface area contributed by atoms with Crippen LogP contribution in [0.2, 0.25) is 0 Å². The Bertz CT molecular complexity index is 528. The Kier molecular flexibility index (Phi) is 8.55. The smallest absolute Gasteiger partial charge is 0.344 e. The normalized spacial score (nSPS) is 23.8. The van der Waals surface area contributed by atoms with Gasteiger partial charge in [0.2, 0.25) is 0 Å². The molecule has 164 valence electrons. The highest BCUT2D eigenvalue weighted by Gasteiger charge is 2.47. The van der Waals surface area contributed by atoms with Gasteiger partial charge in [0.15, 0.2) is 6.61 Å². The molecule has 1 aliphatic carbocycles. The Labute approximate surface area is 171 Å². The second kappa shape index (κ2) is 9.60. The van der Waals surface area contributed by atoms with Crippen LogP contribution in [-0.4, -0.2) is 38.4 Å². The van der Waals surface area contributed by atoms with Gasteiger partial charge in [-0.05, 0) is 42.4 Å². The van der Waals surface area contributed by atoms with E-state index in [4.69, 9.17) is 14.2 Å². The van der Waals surface area contributed by atoms with E-state index in [1.54, 1.807) is 7.11 Å². The molecule has 0 heterocycles. The molecule has 0 radical (unpaired) electrons. The Balaban J connectivity index is 2.61. The first-order valence-electron chi connectivity index (χ1n) is 10.6. The fourth-order valence-electron chi connectivity index (χ4n) is 4.30. The SMILES string of the molecule is COC(COC(=O)COC(=O)C(C)(CC(C)(C)C)C(C)(C)C)C1CCCC1C. The Morgan fingerprint density at radius 1 is 1.00 bits per heavy atom. The van der Waals surface area contributed by atoms with Crippen molar-refractivity contribution in [2.75, 3.05) is 20.3 Å². The number of ether oxygens (including phenoxy) is 3. The predicted molar refractivity (Wildman–Crippen MR) is 111 cm³/mol. The van der Waals surface area contributed by atoms with E-state index < -0.39 is 11.4 Å². The van der Waals surface area contributed by atoms with Crippen molar-refractivity contribution in [1.82, 2.24) is 0 Å². The molecule has 4 atom stereocenters. The van der Waals surface area contributed by atoms with Crippen LogP contribution >= 0.6 is 0 Å². The molecule has 1 fully saturated rings. The van der Waals surface area contributed by atoms with Crippen LogP contribution in [0.4, 0.5) is 0 Å². The number of methoxy groups -OCH3 is 1. The van der Waals surface area contributed by atoms with Crippen LogP contribution in [0, 0.1) is 28.1 Å². The lowest BCUT2D eigenvalue weighted by Gasteiger charge is -2.43. The van der Waals surface area contributed by atoms with E-state index in [1.807, 2.05) is 27.7 Å². The molecule has 0 saturated heterocycles. The minimum Gasteiger partial charge on any atom is -0.460 e. The summed E-state index contributed by atoms with van der Waals surface area (Å²) in [4.78, 5) is 25.1. The molecule has 28 heavy (non-hydrogen) atoms. The van der Waals surface area contributed by atoms with Crippen molar-refractivity contribution in [1.29, 1.82) is 0 Å². The zero-order chi connectivity index (χ0) is 21.8. The molecule has 0 aromatic heterocycles. The number of carbonyl (C=O) groups is 2. The van der Waals surface area contributed by atoms with Crippen LogP contribution in [-0.2, 0) is 23.8 Å². The molecule has 4 unspecified atom stereocenters. The van der Waals surface area contributed by atoms with Gasteiger partial charge in [-0.3, -0.25) is 4.79 Å². The van der Waals surface area contributed by atoms with Gasteiger partial charge in [0, 0.05) is 7.11 Å². The maximum Gasteiger partial charge on any atom is 0.344 e. The van der Waals surface area contributed by atoms with Crippen molar-refractivity contribution in [3.63, 3.8) is 0 Å². The maximum atomic E-state index is 12.9. The third-order valence-electron chi connectivity index (χ3n) is 6.43. The summed E-state index contributed by atoms with van der Waals surface area (Å²) in [5.74, 6) is 0.121. The van der Waals surface area contributed by atoms with Gasteiger partial charge in [-0.15, -0.1) is 0 Å². The summed E-state index contributed by atoms with van der Waals surface area (Å²) in [6, 6.07) is 0. The molecule has 1 saturated carbocycles. The zero-order valence-electron chi connectivity index (χ0n) is 19.5. The molecule has 0 aliphatic heterocycles. The lowest BCUT2D eigenvalue weighted by molar-refractivity contribution is -0.173. The molecule has 5 nitrogen and oxygen atoms in total. The van der Waals surface area contributed by atoms with E-state index in [2.05, 4.69) is 27.7 Å². The third-order valence-corrected chi connectivity index (χ3v) is 6.43. The lowest BCUT2D eigenvalue weighted by atomic mass is 9.61.